The van der Waals surface area contributed by atoms with Crippen LogP contribution in [0.2, 0.25) is 0 Å². The zero-order valence-electron chi connectivity index (χ0n) is 38.2. The van der Waals surface area contributed by atoms with Gasteiger partial charge in [0, 0.05) is 50.3 Å². The molecule has 4 nitrogen and oxygen atoms in total. The number of furan rings is 1. The minimum absolute atomic E-state index is 0.0250. The summed E-state index contributed by atoms with van der Waals surface area (Å²) in [5.74, 6) is 0.261. The molecule has 0 radical (unpaired) electrons. The zero-order chi connectivity index (χ0) is 45.6. The van der Waals surface area contributed by atoms with E-state index in [9.17, 15) is 0 Å². The summed E-state index contributed by atoms with van der Waals surface area (Å²) in [5, 5.41) is 18.9. The molecular weight excluding hydrogens is 839 g/mol. The second kappa shape index (κ2) is 15.9. The highest BCUT2D eigenvalue weighted by atomic mass is 16.3. The van der Waals surface area contributed by atoms with Crippen molar-refractivity contribution in [2.45, 2.75) is 32.0 Å². The number of nitrogens with zero attached hydrogens (tertiary/aromatic N) is 2. The van der Waals surface area contributed by atoms with E-state index in [2.05, 4.69) is 235 Å². The SMILES string of the molecule is CC1CC/C(c2cc(-n3c4cc5ccccc5cc4c4ccc5ccccc5c43)cc3oc4ccccc4c23)=N\C(c2cccc(-c3ccccc3)c2)NC1c1cc2ccccc2c2ccccc12. The maximum absolute atomic E-state index is 6.92. The van der Waals surface area contributed by atoms with Crippen LogP contribution >= 0.6 is 0 Å². The maximum Gasteiger partial charge on any atom is 0.138 e. The van der Waals surface area contributed by atoms with E-state index in [0.29, 0.717) is 0 Å². The lowest BCUT2D eigenvalue weighted by molar-refractivity contribution is 0.330. The van der Waals surface area contributed by atoms with Crippen molar-refractivity contribution in [1.82, 2.24) is 9.88 Å². The zero-order valence-corrected chi connectivity index (χ0v) is 38.2. The molecule has 4 heteroatoms. The number of aromatic nitrogens is 1. The van der Waals surface area contributed by atoms with Crippen LogP contribution in [0.15, 0.2) is 228 Å². The normalized spacial score (nSPS) is 17.6. The van der Waals surface area contributed by atoms with E-state index in [4.69, 9.17) is 9.41 Å². The van der Waals surface area contributed by atoms with Gasteiger partial charge in [-0.25, -0.2) is 0 Å². The number of hydrogen-bond donors (Lipinski definition) is 1. The molecule has 0 spiro atoms. The lowest BCUT2D eigenvalue weighted by atomic mass is 9.84. The van der Waals surface area contributed by atoms with Crippen LogP contribution in [0.1, 0.15) is 48.7 Å². The quantitative estimate of drug-likeness (QED) is 0.175. The molecule has 0 amide bonds. The molecule has 0 saturated carbocycles. The van der Waals surface area contributed by atoms with Gasteiger partial charge in [-0.3, -0.25) is 10.3 Å². The molecule has 0 aliphatic carbocycles. The van der Waals surface area contributed by atoms with Crippen LogP contribution < -0.4 is 5.32 Å². The van der Waals surface area contributed by atoms with Gasteiger partial charge in [-0.2, -0.15) is 0 Å². The van der Waals surface area contributed by atoms with E-state index >= 15 is 0 Å². The summed E-state index contributed by atoms with van der Waals surface area (Å²) in [4.78, 5) is 5.99. The van der Waals surface area contributed by atoms with Crippen molar-refractivity contribution in [1.29, 1.82) is 0 Å². The lowest BCUT2D eigenvalue weighted by Gasteiger charge is -2.33. The van der Waals surface area contributed by atoms with Crippen LogP contribution in [0, 0.1) is 5.92 Å². The van der Waals surface area contributed by atoms with E-state index in [-0.39, 0.29) is 18.1 Å². The Hall–Kier alpha value is -8.31. The van der Waals surface area contributed by atoms with Gasteiger partial charge in [-0.05, 0) is 115 Å². The van der Waals surface area contributed by atoms with Gasteiger partial charge in [0.05, 0.1) is 16.7 Å². The van der Waals surface area contributed by atoms with Gasteiger partial charge in [0.1, 0.15) is 17.3 Å². The highest BCUT2D eigenvalue weighted by Crippen LogP contribution is 2.44. The summed E-state index contributed by atoms with van der Waals surface area (Å²) in [6.45, 7) is 2.43. The Kier molecular flexibility index (Phi) is 9.18. The van der Waals surface area contributed by atoms with Gasteiger partial charge < -0.3 is 8.98 Å². The molecule has 1 aliphatic rings. The Balaban J connectivity index is 1.03. The van der Waals surface area contributed by atoms with Crippen LogP contribution in [-0.4, -0.2) is 10.3 Å². The lowest BCUT2D eigenvalue weighted by Crippen LogP contribution is -2.33. The van der Waals surface area contributed by atoms with E-state index in [1.165, 1.54) is 76.1 Å². The largest absolute Gasteiger partial charge is 0.456 e. The standard InChI is InChI=1S/C65H47N3O/c1-40-30-33-58(66-65(47-23-15-22-43(34-47)41-16-3-2-4-17-41)67-63(40)56-36-46-21-8-9-24-49(46)51-26-11-12-27-52(51)56)57-38-48(39-61-62(57)54-28-13-14-29-60(54)69-61)68-59-37-45-20-6-5-19-44(45)35-55(59)53-32-31-42-18-7-10-25-50(42)64(53)68/h2-29,31-32,34-40,63,65,67H,30,33H2,1H3/b66-58+. The monoisotopic (exact) mass is 885 g/mol. The highest BCUT2D eigenvalue weighted by molar-refractivity contribution is 6.22. The fraction of sp³-hybridized carbons (Fsp3) is 0.0923. The molecule has 13 aromatic rings. The average molecular weight is 886 g/mol. The molecular formula is C65H47N3O. The predicted molar refractivity (Wildman–Crippen MR) is 290 cm³/mol. The van der Waals surface area contributed by atoms with Crippen LogP contribution in [0.5, 0.6) is 0 Å². The number of nitrogens with one attached hydrogen (secondary N) is 1. The van der Waals surface area contributed by atoms with E-state index in [1.54, 1.807) is 0 Å². The second-order valence-electron chi connectivity index (χ2n) is 19.1. The molecule has 69 heavy (non-hydrogen) atoms. The van der Waals surface area contributed by atoms with Gasteiger partial charge in [0.2, 0.25) is 0 Å². The number of fused-ring (bicyclic) bond motifs is 12. The van der Waals surface area contributed by atoms with Gasteiger partial charge in [-0.1, -0.05) is 183 Å². The Morgan fingerprint density at radius 2 is 1.17 bits per heavy atom. The molecule has 14 rings (SSSR count). The third-order valence-electron chi connectivity index (χ3n) is 15.0. The second-order valence-corrected chi connectivity index (χ2v) is 19.1. The van der Waals surface area contributed by atoms with Crippen LogP contribution in [0.3, 0.4) is 0 Å². The van der Waals surface area contributed by atoms with Crippen molar-refractivity contribution in [2.75, 3.05) is 0 Å². The fourth-order valence-electron chi connectivity index (χ4n) is 11.7. The Morgan fingerprint density at radius 3 is 2.01 bits per heavy atom. The number of rotatable bonds is 5. The van der Waals surface area contributed by atoms with E-state index in [1.807, 2.05) is 0 Å². The third-order valence-corrected chi connectivity index (χ3v) is 15.0. The van der Waals surface area contributed by atoms with Crippen molar-refractivity contribution < 1.29 is 4.42 Å². The van der Waals surface area contributed by atoms with Gasteiger partial charge in [0.15, 0.2) is 0 Å². The van der Waals surface area contributed by atoms with Crippen molar-refractivity contribution in [2.24, 2.45) is 10.9 Å². The summed E-state index contributed by atoms with van der Waals surface area (Å²) in [5.41, 5.74) is 12.1. The minimum Gasteiger partial charge on any atom is -0.456 e. The van der Waals surface area contributed by atoms with Crippen LogP contribution in [0.25, 0.3) is 104 Å². The summed E-state index contributed by atoms with van der Waals surface area (Å²) < 4.78 is 9.41. The van der Waals surface area contributed by atoms with Crippen molar-refractivity contribution >= 4 is 92.5 Å². The molecule has 2 aromatic heterocycles. The van der Waals surface area contributed by atoms with Crippen LogP contribution in [-0.2, 0) is 0 Å². The first kappa shape index (κ1) is 39.8. The molecule has 3 heterocycles. The molecule has 1 aliphatic heterocycles. The third kappa shape index (κ3) is 6.51. The first-order valence-corrected chi connectivity index (χ1v) is 24.3. The molecule has 3 atom stereocenters. The Bertz CT molecular complexity index is 4210. The molecule has 1 N–H and O–H groups in total. The van der Waals surface area contributed by atoms with Gasteiger partial charge >= 0.3 is 0 Å². The Labute approximate surface area is 399 Å². The number of aliphatic imine (C=N–C) groups is 1. The molecule has 11 aromatic carbocycles. The molecule has 0 saturated heterocycles. The molecule has 0 bridgehead atoms. The molecule has 3 unspecified atom stereocenters. The van der Waals surface area contributed by atoms with Crippen molar-refractivity contribution in [3.8, 4) is 16.8 Å². The van der Waals surface area contributed by atoms with Crippen LogP contribution in [0.4, 0.5) is 0 Å². The summed E-state index contributed by atoms with van der Waals surface area (Å²) in [6, 6.07) is 79.9. The maximum atomic E-state index is 6.92. The summed E-state index contributed by atoms with van der Waals surface area (Å²) >= 11 is 0. The number of hydrogen-bond acceptors (Lipinski definition) is 3. The average Bonchev–Trinajstić information content (AvgIpc) is 3.95. The first-order chi connectivity index (χ1) is 34.1. The fourth-order valence-corrected chi connectivity index (χ4v) is 11.7. The summed E-state index contributed by atoms with van der Waals surface area (Å²) in [6.07, 6.45) is 1.36. The first-order valence-electron chi connectivity index (χ1n) is 24.3. The van der Waals surface area contributed by atoms with E-state index in [0.717, 1.165) is 62.8 Å². The van der Waals surface area contributed by atoms with Gasteiger partial charge in [-0.15, -0.1) is 0 Å². The van der Waals surface area contributed by atoms with Gasteiger partial charge in [0.25, 0.3) is 0 Å². The number of benzene rings is 11. The Morgan fingerprint density at radius 1 is 0.493 bits per heavy atom. The predicted octanol–water partition coefficient (Wildman–Crippen LogP) is 17.2. The van der Waals surface area contributed by atoms with Crippen molar-refractivity contribution in [3.05, 3.63) is 235 Å². The highest BCUT2D eigenvalue weighted by Gasteiger charge is 2.30. The molecule has 0 fully saturated rings. The topological polar surface area (TPSA) is 42.5 Å². The van der Waals surface area contributed by atoms with E-state index < -0.39 is 0 Å². The smallest absolute Gasteiger partial charge is 0.138 e. The number of para-hydroxylation sites is 1. The molecule has 328 valence electrons. The minimum atomic E-state index is -0.359. The summed E-state index contributed by atoms with van der Waals surface area (Å²) in [7, 11) is 0. The van der Waals surface area contributed by atoms with Crippen molar-refractivity contribution in [3.63, 3.8) is 0 Å².